The summed E-state index contributed by atoms with van der Waals surface area (Å²) in [4.78, 5) is 6.06. The van der Waals surface area contributed by atoms with E-state index in [9.17, 15) is 13.2 Å². The summed E-state index contributed by atoms with van der Waals surface area (Å²) in [6.45, 7) is 0.836. The maximum Gasteiger partial charge on any atom is 0.433 e. The Balaban J connectivity index is 2.63. The Hall–Kier alpha value is -0.950. The third-order valence-electron chi connectivity index (χ3n) is 2.24. The monoisotopic (exact) mass is 235 g/mol. The molecule has 0 unspecified atom stereocenters. The van der Waals surface area contributed by atoms with E-state index < -0.39 is 11.9 Å². The number of halogens is 3. The molecule has 0 aromatic carbocycles. The number of nitrogens with one attached hydrogen (secondary N) is 2. The summed E-state index contributed by atoms with van der Waals surface area (Å²) in [6, 6.07) is 0. The van der Waals surface area contributed by atoms with Crippen LogP contribution in [0, 0.1) is 4.77 Å². The molecule has 0 saturated heterocycles. The van der Waals surface area contributed by atoms with E-state index in [-0.39, 0.29) is 16.9 Å². The average Bonchev–Trinajstić information content (AvgIpc) is 2.15. The van der Waals surface area contributed by atoms with Crippen molar-refractivity contribution >= 4 is 12.2 Å². The maximum atomic E-state index is 12.6. The number of aromatic nitrogens is 2. The molecule has 1 aromatic heterocycles. The molecular formula is C8H8F3N3S. The van der Waals surface area contributed by atoms with Gasteiger partial charge in [-0.3, -0.25) is 0 Å². The molecule has 1 aromatic rings. The highest BCUT2D eigenvalue weighted by Crippen LogP contribution is 2.31. The van der Waals surface area contributed by atoms with Crippen molar-refractivity contribution in [3.05, 3.63) is 21.7 Å². The Morgan fingerprint density at radius 3 is 2.73 bits per heavy atom. The Morgan fingerprint density at radius 2 is 2.07 bits per heavy atom. The van der Waals surface area contributed by atoms with Gasteiger partial charge in [-0.25, -0.2) is 4.98 Å². The first-order valence-electron chi connectivity index (χ1n) is 4.38. The van der Waals surface area contributed by atoms with Gasteiger partial charge in [0.15, 0.2) is 10.5 Å². The lowest BCUT2D eigenvalue weighted by Crippen LogP contribution is -2.28. The van der Waals surface area contributed by atoms with Gasteiger partial charge >= 0.3 is 6.18 Å². The highest BCUT2D eigenvalue weighted by molar-refractivity contribution is 7.71. The number of nitrogens with zero attached hydrogens (tertiary/aromatic N) is 1. The fourth-order valence-corrected chi connectivity index (χ4v) is 1.82. The number of aromatic amines is 1. The van der Waals surface area contributed by atoms with E-state index in [1.807, 2.05) is 0 Å². The summed E-state index contributed by atoms with van der Waals surface area (Å²) in [5.74, 6) is 0. The molecule has 0 atom stereocenters. The minimum absolute atomic E-state index is 0.108. The first-order valence-corrected chi connectivity index (χ1v) is 4.79. The van der Waals surface area contributed by atoms with Crippen LogP contribution in [0.15, 0.2) is 0 Å². The van der Waals surface area contributed by atoms with Crippen LogP contribution < -0.4 is 5.32 Å². The summed E-state index contributed by atoms with van der Waals surface area (Å²) >= 11 is 4.67. The third kappa shape index (κ3) is 2.03. The van der Waals surface area contributed by atoms with Crippen molar-refractivity contribution in [1.29, 1.82) is 0 Å². The van der Waals surface area contributed by atoms with Crippen molar-refractivity contribution in [3.8, 4) is 0 Å². The van der Waals surface area contributed by atoms with Crippen LogP contribution in [0.25, 0.3) is 0 Å². The molecule has 0 radical (unpaired) electrons. The molecule has 0 spiro atoms. The highest BCUT2D eigenvalue weighted by Gasteiger charge is 2.37. The van der Waals surface area contributed by atoms with Crippen molar-refractivity contribution in [2.24, 2.45) is 0 Å². The van der Waals surface area contributed by atoms with Gasteiger partial charge in [0.05, 0.1) is 0 Å². The van der Waals surface area contributed by atoms with E-state index in [0.29, 0.717) is 18.7 Å². The van der Waals surface area contributed by atoms with Gasteiger partial charge in [-0.05, 0) is 12.2 Å². The Bertz CT molecular complexity index is 438. The predicted octanol–water partition coefficient (Wildman–Crippen LogP) is 1.80. The molecule has 3 nitrogen and oxygen atoms in total. The summed E-state index contributed by atoms with van der Waals surface area (Å²) in [6.07, 6.45) is -3.92. The fourth-order valence-electron chi connectivity index (χ4n) is 1.61. The molecule has 0 bridgehead atoms. The molecule has 2 N–H and O–H groups in total. The largest absolute Gasteiger partial charge is 0.433 e. The second-order valence-corrected chi connectivity index (χ2v) is 3.66. The quantitative estimate of drug-likeness (QED) is 0.674. The first-order chi connectivity index (χ1) is 6.98. The molecule has 2 heterocycles. The van der Waals surface area contributed by atoms with Crippen molar-refractivity contribution in [3.63, 3.8) is 0 Å². The number of fused-ring (bicyclic) bond motifs is 1. The second-order valence-electron chi connectivity index (χ2n) is 3.27. The van der Waals surface area contributed by atoms with Crippen LogP contribution in [0.3, 0.4) is 0 Å². The van der Waals surface area contributed by atoms with Crippen molar-refractivity contribution in [2.75, 3.05) is 6.54 Å². The number of hydrogen-bond acceptors (Lipinski definition) is 3. The van der Waals surface area contributed by atoms with Gasteiger partial charge in [0, 0.05) is 30.8 Å². The standard InChI is InChI=1S/C8H8F3N3S/c9-8(10,11)6-4-3-12-2-1-5(4)13-7(15)14-6/h12H,1-3H2,(H,13,14,15). The van der Waals surface area contributed by atoms with Gasteiger partial charge in [-0.15, -0.1) is 0 Å². The zero-order chi connectivity index (χ0) is 11.1. The van der Waals surface area contributed by atoms with Crippen molar-refractivity contribution in [1.82, 2.24) is 15.3 Å². The third-order valence-corrected chi connectivity index (χ3v) is 2.44. The van der Waals surface area contributed by atoms with E-state index in [0.717, 1.165) is 0 Å². The number of hydrogen-bond donors (Lipinski definition) is 2. The van der Waals surface area contributed by atoms with Gasteiger partial charge in [0.1, 0.15) is 0 Å². The van der Waals surface area contributed by atoms with Crippen LogP contribution in [-0.2, 0) is 19.1 Å². The van der Waals surface area contributed by atoms with Crippen LogP contribution in [0.5, 0.6) is 0 Å². The molecule has 0 amide bonds. The molecule has 1 aliphatic rings. The second kappa shape index (κ2) is 3.57. The van der Waals surface area contributed by atoms with Crippen LogP contribution in [0.4, 0.5) is 13.2 Å². The summed E-state index contributed by atoms with van der Waals surface area (Å²) in [7, 11) is 0. The number of alkyl halides is 3. The lowest BCUT2D eigenvalue weighted by Gasteiger charge is -2.20. The Labute approximate surface area is 88.7 Å². The van der Waals surface area contributed by atoms with Crippen molar-refractivity contribution < 1.29 is 13.2 Å². The van der Waals surface area contributed by atoms with E-state index in [4.69, 9.17) is 0 Å². The smallest absolute Gasteiger partial charge is 0.334 e. The summed E-state index contributed by atoms with van der Waals surface area (Å²) in [5, 5.41) is 2.88. The van der Waals surface area contributed by atoms with E-state index in [2.05, 4.69) is 27.5 Å². The molecule has 0 saturated carbocycles. The highest BCUT2D eigenvalue weighted by atomic mass is 32.1. The SMILES string of the molecule is FC(F)(F)c1nc(=S)[nH]c2c1CNCC2. The lowest BCUT2D eigenvalue weighted by atomic mass is 10.1. The van der Waals surface area contributed by atoms with Crippen LogP contribution in [0.2, 0.25) is 0 Å². The molecule has 0 fully saturated rings. The summed E-state index contributed by atoms with van der Waals surface area (Å²) in [5.41, 5.74) is -0.142. The first kappa shape index (κ1) is 10.6. The van der Waals surface area contributed by atoms with E-state index in [1.54, 1.807) is 0 Å². The Morgan fingerprint density at radius 1 is 1.33 bits per heavy atom. The minimum Gasteiger partial charge on any atom is -0.334 e. The minimum atomic E-state index is -4.44. The van der Waals surface area contributed by atoms with Gasteiger partial charge in [-0.2, -0.15) is 13.2 Å². The topological polar surface area (TPSA) is 40.7 Å². The number of rotatable bonds is 0. The predicted molar refractivity (Wildman–Crippen MR) is 49.8 cm³/mol. The normalized spacial score (nSPS) is 16.2. The van der Waals surface area contributed by atoms with E-state index >= 15 is 0 Å². The summed E-state index contributed by atoms with van der Waals surface area (Å²) < 4.78 is 37.7. The molecule has 7 heteroatoms. The van der Waals surface area contributed by atoms with Gasteiger partial charge in [-0.1, -0.05) is 0 Å². The zero-order valence-corrected chi connectivity index (χ0v) is 8.43. The van der Waals surface area contributed by atoms with Crippen LogP contribution in [0.1, 0.15) is 17.0 Å². The molecular weight excluding hydrogens is 227 g/mol. The molecule has 0 aliphatic carbocycles. The van der Waals surface area contributed by atoms with Crippen LogP contribution in [-0.4, -0.2) is 16.5 Å². The van der Waals surface area contributed by atoms with E-state index in [1.165, 1.54) is 0 Å². The molecule has 1 aliphatic heterocycles. The molecule has 82 valence electrons. The fraction of sp³-hybridized carbons (Fsp3) is 0.500. The molecule has 2 rings (SSSR count). The number of H-pyrrole nitrogens is 1. The molecule has 15 heavy (non-hydrogen) atoms. The Kier molecular flexibility index (Phi) is 2.51. The van der Waals surface area contributed by atoms with Crippen LogP contribution >= 0.6 is 12.2 Å². The van der Waals surface area contributed by atoms with Gasteiger partial charge in [0.25, 0.3) is 0 Å². The van der Waals surface area contributed by atoms with Gasteiger partial charge in [0.2, 0.25) is 0 Å². The van der Waals surface area contributed by atoms with Gasteiger partial charge < -0.3 is 10.3 Å². The zero-order valence-electron chi connectivity index (χ0n) is 7.61. The lowest BCUT2D eigenvalue weighted by molar-refractivity contribution is -0.142. The van der Waals surface area contributed by atoms with Crippen molar-refractivity contribution in [2.45, 2.75) is 19.1 Å². The maximum absolute atomic E-state index is 12.6. The average molecular weight is 235 g/mol.